The van der Waals surface area contributed by atoms with E-state index in [0.717, 1.165) is 11.1 Å². The molecule has 1 saturated heterocycles. The lowest BCUT2D eigenvalue weighted by Gasteiger charge is -2.43. The molecule has 35 heavy (non-hydrogen) atoms. The van der Waals surface area contributed by atoms with E-state index in [1.807, 2.05) is 11.0 Å². The van der Waals surface area contributed by atoms with Crippen molar-refractivity contribution >= 4 is 40.9 Å². The maximum absolute atomic E-state index is 13.1. The zero-order chi connectivity index (χ0) is 25.5. The number of nitrogens with one attached hydrogen (secondary N) is 1. The Kier molecular flexibility index (Phi) is 9.48. The van der Waals surface area contributed by atoms with Gasteiger partial charge in [0.05, 0.1) is 22.1 Å². The molecule has 0 saturated carbocycles. The average Bonchev–Trinajstić information content (AvgIpc) is 2.83. The average molecular weight is 523 g/mol. The van der Waals surface area contributed by atoms with Crippen molar-refractivity contribution < 1.29 is 18.8 Å². The molecule has 2 unspecified atom stereocenters. The molecule has 1 aliphatic heterocycles. The number of nitrogens with zero attached hydrogens (tertiary/aromatic N) is 2. The standard InChI is InChI=1S/C25H29Cl2FN4O3/c1-30-25(35)22(13-17-4-8-20(26)21(27)12-17)31-10-11-32(19(15-31)14-23(29)33)24(34)9-5-16-2-6-18(28)7-3-16/h2-4,6-8,12,19,22H,5,9-11,13-15H2,1H3,(H2,29,33)(H,30,35). The van der Waals surface area contributed by atoms with Gasteiger partial charge in [0.25, 0.3) is 0 Å². The highest BCUT2D eigenvalue weighted by molar-refractivity contribution is 6.42. The van der Waals surface area contributed by atoms with Crippen LogP contribution in [-0.4, -0.2) is 66.3 Å². The van der Waals surface area contributed by atoms with Crippen molar-refractivity contribution in [1.82, 2.24) is 15.1 Å². The first-order valence-corrected chi connectivity index (χ1v) is 12.1. The zero-order valence-electron chi connectivity index (χ0n) is 19.5. The van der Waals surface area contributed by atoms with Gasteiger partial charge >= 0.3 is 0 Å². The molecule has 2 aromatic rings. The fourth-order valence-electron chi connectivity index (χ4n) is 4.39. The molecule has 188 valence electrons. The molecule has 0 bridgehead atoms. The van der Waals surface area contributed by atoms with Crippen LogP contribution in [0.5, 0.6) is 0 Å². The summed E-state index contributed by atoms with van der Waals surface area (Å²) in [6.45, 7) is 1.14. The summed E-state index contributed by atoms with van der Waals surface area (Å²) in [4.78, 5) is 41.3. The zero-order valence-corrected chi connectivity index (χ0v) is 21.0. The molecule has 2 aromatic carbocycles. The number of halogens is 3. The van der Waals surface area contributed by atoms with Gasteiger partial charge in [0.1, 0.15) is 5.82 Å². The van der Waals surface area contributed by atoms with Crippen molar-refractivity contribution in [2.45, 2.75) is 37.8 Å². The predicted octanol–water partition coefficient (Wildman–Crippen LogP) is 2.81. The SMILES string of the molecule is CNC(=O)C(Cc1ccc(Cl)c(Cl)c1)N1CCN(C(=O)CCc2ccc(F)cc2)C(CC(N)=O)C1. The largest absolute Gasteiger partial charge is 0.370 e. The number of nitrogens with two attached hydrogens (primary N) is 1. The molecule has 0 aliphatic carbocycles. The molecule has 7 nitrogen and oxygen atoms in total. The minimum Gasteiger partial charge on any atom is -0.370 e. The van der Waals surface area contributed by atoms with Crippen molar-refractivity contribution in [3.8, 4) is 0 Å². The lowest BCUT2D eigenvalue weighted by Crippen LogP contribution is -2.61. The number of amides is 3. The highest BCUT2D eigenvalue weighted by Crippen LogP contribution is 2.25. The minimum atomic E-state index is -0.524. The van der Waals surface area contributed by atoms with Crippen molar-refractivity contribution in [1.29, 1.82) is 0 Å². The number of carbonyl (C=O) groups is 3. The van der Waals surface area contributed by atoms with Crippen LogP contribution < -0.4 is 11.1 Å². The fourth-order valence-corrected chi connectivity index (χ4v) is 4.71. The summed E-state index contributed by atoms with van der Waals surface area (Å²) in [6.07, 6.45) is 1.06. The fraction of sp³-hybridized carbons (Fsp3) is 0.400. The van der Waals surface area contributed by atoms with E-state index in [1.54, 1.807) is 36.2 Å². The van der Waals surface area contributed by atoms with Crippen LogP contribution >= 0.6 is 23.2 Å². The van der Waals surface area contributed by atoms with Crippen LogP contribution in [0.25, 0.3) is 0 Å². The van der Waals surface area contributed by atoms with E-state index in [2.05, 4.69) is 5.32 Å². The third kappa shape index (κ3) is 7.40. The number of piperazine rings is 1. The van der Waals surface area contributed by atoms with Crippen LogP contribution in [-0.2, 0) is 27.2 Å². The summed E-state index contributed by atoms with van der Waals surface area (Å²) in [5.74, 6) is -1.13. The van der Waals surface area contributed by atoms with Crippen LogP contribution in [0.2, 0.25) is 10.0 Å². The minimum absolute atomic E-state index is 0.00791. The Balaban J connectivity index is 1.72. The van der Waals surface area contributed by atoms with E-state index in [-0.39, 0.29) is 30.5 Å². The van der Waals surface area contributed by atoms with Gasteiger partial charge in [-0.15, -0.1) is 0 Å². The maximum Gasteiger partial charge on any atom is 0.237 e. The quantitative estimate of drug-likeness (QED) is 0.529. The second-order valence-corrected chi connectivity index (χ2v) is 9.43. The Bertz CT molecular complexity index is 1070. The van der Waals surface area contributed by atoms with Crippen LogP contribution in [0.15, 0.2) is 42.5 Å². The Labute approximate surface area is 214 Å². The van der Waals surface area contributed by atoms with Gasteiger partial charge in [-0.3, -0.25) is 19.3 Å². The van der Waals surface area contributed by atoms with Gasteiger partial charge in [-0.25, -0.2) is 4.39 Å². The summed E-state index contributed by atoms with van der Waals surface area (Å²) < 4.78 is 13.1. The predicted molar refractivity (Wildman–Crippen MR) is 134 cm³/mol. The normalized spacial score (nSPS) is 17.1. The summed E-state index contributed by atoms with van der Waals surface area (Å²) >= 11 is 12.2. The lowest BCUT2D eigenvalue weighted by molar-refractivity contribution is -0.139. The number of aryl methyl sites for hydroxylation is 1. The summed E-state index contributed by atoms with van der Waals surface area (Å²) in [5.41, 5.74) is 7.19. The second kappa shape index (κ2) is 12.3. The van der Waals surface area contributed by atoms with Gasteiger partial charge < -0.3 is 16.0 Å². The number of benzene rings is 2. The molecule has 0 radical (unpaired) electrons. The molecule has 10 heteroatoms. The first kappa shape index (κ1) is 26.9. The second-order valence-electron chi connectivity index (χ2n) is 8.62. The summed E-state index contributed by atoms with van der Waals surface area (Å²) in [6, 6.07) is 10.3. The number of hydrogen-bond acceptors (Lipinski definition) is 4. The van der Waals surface area contributed by atoms with E-state index in [1.165, 1.54) is 12.1 Å². The molecule has 3 rings (SSSR count). The number of carbonyl (C=O) groups excluding carboxylic acids is 3. The first-order chi connectivity index (χ1) is 16.7. The number of rotatable bonds is 9. The van der Waals surface area contributed by atoms with Gasteiger partial charge in [0.2, 0.25) is 17.7 Å². The molecule has 2 atom stereocenters. The summed E-state index contributed by atoms with van der Waals surface area (Å²) in [5, 5.41) is 3.54. The van der Waals surface area contributed by atoms with Crippen LogP contribution in [0, 0.1) is 5.82 Å². The van der Waals surface area contributed by atoms with Gasteiger partial charge in [0.15, 0.2) is 0 Å². The molecule has 0 spiro atoms. The van der Waals surface area contributed by atoms with Crippen molar-refractivity contribution in [3.63, 3.8) is 0 Å². The number of likely N-dealkylation sites (N-methyl/N-ethyl adjacent to an activating group) is 1. The van der Waals surface area contributed by atoms with Gasteiger partial charge in [-0.05, 0) is 48.2 Å². The Morgan fingerprint density at radius 2 is 1.77 bits per heavy atom. The maximum atomic E-state index is 13.1. The third-order valence-corrected chi connectivity index (χ3v) is 6.95. The molecular formula is C25H29Cl2FN4O3. The monoisotopic (exact) mass is 522 g/mol. The van der Waals surface area contributed by atoms with Gasteiger partial charge in [-0.1, -0.05) is 41.4 Å². The first-order valence-electron chi connectivity index (χ1n) is 11.4. The molecule has 3 N–H and O–H groups in total. The van der Waals surface area contributed by atoms with E-state index in [4.69, 9.17) is 28.9 Å². The molecule has 0 aromatic heterocycles. The van der Waals surface area contributed by atoms with Gasteiger partial charge in [0, 0.05) is 39.5 Å². The Hall–Kier alpha value is -2.68. The van der Waals surface area contributed by atoms with E-state index >= 15 is 0 Å². The topological polar surface area (TPSA) is 95.7 Å². The van der Waals surface area contributed by atoms with E-state index in [9.17, 15) is 18.8 Å². The molecule has 3 amide bonds. The Morgan fingerprint density at radius 3 is 2.40 bits per heavy atom. The molecule has 1 heterocycles. The van der Waals surface area contributed by atoms with Crippen molar-refractivity contribution in [2.24, 2.45) is 5.73 Å². The number of hydrogen-bond donors (Lipinski definition) is 2. The van der Waals surface area contributed by atoms with E-state index < -0.39 is 18.0 Å². The molecule has 1 fully saturated rings. The highest BCUT2D eigenvalue weighted by Gasteiger charge is 2.36. The van der Waals surface area contributed by atoms with Crippen LogP contribution in [0.4, 0.5) is 4.39 Å². The third-order valence-electron chi connectivity index (χ3n) is 6.21. The van der Waals surface area contributed by atoms with E-state index in [0.29, 0.717) is 42.5 Å². The summed E-state index contributed by atoms with van der Waals surface area (Å²) in [7, 11) is 1.57. The lowest BCUT2D eigenvalue weighted by atomic mass is 9.99. The van der Waals surface area contributed by atoms with Crippen molar-refractivity contribution in [3.05, 3.63) is 69.5 Å². The van der Waals surface area contributed by atoms with Crippen LogP contribution in [0.3, 0.4) is 0 Å². The smallest absolute Gasteiger partial charge is 0.237 e. The highest BCUT2D eigenvalue weighted by atomic mass is 35.5. The van der Waals surface area contributed by atoms with Crippen molar-refractivity contribution in [2.75, 3.05) is 26.7 Å². The van der Waals surface area contributed by atoms with Gasteiger partial charge in [-0.2, -0.15) is 0 Å². The van der Waals surface area contributed by atoms with Crippen LogP contribution in [0.1, 0.15) is 24.0 Å². The molecular weight excluding hydrogens is 494 g/mol. The molecule has 1 aliphatic rings. The number of primary amides is 1. The Morgan fingerprint density at radius 1 is 1.09 bits per heavy atom.